The van der Waals surface area contributed by atoms with E-state index in [0.29, 0.717) is 31.8 Å². The number of para-hydroxylation sites is 1. The second-order valence-electron chi connectivity index (χ2n) is 11.2. The molecule has 0 fully saturated rings. The molecule has 1 aliphatic rings. The average molecular weight is 499 g/mol. The standard InChI is InChI=1S/C28H42N4O4/c1-18(2)17-24-25-21(20-11-7-8-12-22(20)30-25)14-16-32(24)26(34)23(13-9-10-15-29-19(3)33)31-27(35)36-28(4,5)6/h7-8,11-12,18,23-24,30H,9-10,13-17H2,1-6H3,(H,29,33)(H,31,35)/t23-,24?/m0/s1. The van der Waals surface area contributed by atoms with Crippen molar-refractivity contribution >= 4 is 28.8 Å². The topological polar surface area (TPSA) is 104 Å². The molecule has 0 saturated carbocycles. The molecule has 198 valence electrons. The molecule has 3 rings (SSSR count). The quantitative estimate of drug-likeness (QED) is 0.430. The van der Waals surface area contributed by atoms with Crippen LogP contribution in [0.1, 0.15) is 84.5 Å². The maximum absolute atomic E-state index is 14.0. The number of carbonyl (C=O) groups is 3. The molecular weight excluding hydrogens is 456 g/mol. The summed E-state index contributed by atoms with van der Waals surface area (Å²) < 4.78 is 5.47. The van der Waals surface area contributed by atoms with E-state index in [0.717, 1.165) is 30.5 Å². The Morgan fingerprint density at radius 3 is 2.56 bits per heavy atom. The molecule has 1 aliphatic heterocycles. The smallest absolute Gasteiger partial charge is 0.408 e. The predicted molar refractivity (Wildman–Crippen MR) is 142 cm³/mol. The van der Waals surface area contributed by atoms with Crippen LogP contribution in [0.5, 0.6) is 0 Å². The van der Waals surface area contributed by atoms with E-state index < -0.39 is 17.7 Å². The third kappa shape index (κ3) is 7.24. The molecule has 0 bridgehead atoms. The van der Waals surface area contributed by atoms with Gasteiger partial charge < -0.3 is 25.3 Å². The highest BCUT2D eigenvalue weighted by atomic mass is 16.6. The van der Waals surface area contributed by atoms with Crippen molar-refractivity contribution < 1.29 is 19.1 Å². The number of fused-ring (bicyclic) bond motifs is 3. The van der Waals surface area contributed by atoms with Crippen LogP contribution in [-0.2, 0) is 20.7 Å². The van der Waals surface area contributed by atoms with E-state index in [1.165, 1.54) is 17.9 Å². The zero-order chi connectivity index (χ0) is 26.5. The van der Waals surface area contributed by atoms with Crippen LogP contribution >= 0.6 is 0 Å². The summed E-state index contributed by atoms with van der Waals surface area (Å²) in [7, 11) is 0. The minimum absolute atomic E-state index is 0.0755. The van der Waals surface area contributed by atoms with E-state index >= 15 is 0 Å². The number of benzene rings is 1. The molecule has 0 saturated heterocycles. The van der Waals surface area contributed by atoms with Gasteiger partial charge in [-0.1, -0.05) is 32.0 Å². The maximum Gasteiger partial charge on any atom is 0.408 e. The molecule has 8 heteroatoms. The first-order valence-corrected chi connectivity index (χ1v) is 13.1. The molecule has 8 nitrogen and oxygen atoms in total. The van der Waals surface area contributed by atoms with Gasteiger partial charge in [0.15, 0.2) is 0 Å². The van der Waals surface area contributed by atoms with Gasteiger partial charge in [0.2, 0.25) is 11.8 Å². The van der Waals surface area contributed by atoms with Gasteiger partial charge >= 0.3 is 6.09 Å². The first kappa shape index (κ1) is 27.6. The van der Waals surface area contributed by atoms with Gasteiger partial charge in [0, 0.05) is 36.6 Å². The van der Waals surface area contributed by atoms with Gasteiger partial charge in [0.1, 0.15) is 11.6 Å². The minimum atomic E-state index is -0.697. The summed E-state index contributed by atoms with van der Waals surface area (Å²) in [6, 6.07) is 7.50. The Labute approximate surface area is 214 Å². The van der Waals surface area contributed by atoms with Gasteiger partial charge in [-0.2, -0.15) is 0 Å². The van der Waals surface area contributed by atoms with E-state index in [4.69, 9.17) is 4.74 Å². The zero-order valence-corrected chi connectivity index (χ0v) is 22.6. The lowest BCUT2D eigenvalue weighted by atomic mass is 9.90. The Hall–Kier alpha value is -3.03. The molecule has 3 amide bonds. The number of alkyl carbamates (subject to hydrolysis) is 1. The zero-order valence-electron chi connectivity index (χ0n) is 22.6. The Bertz CT molecular complexity index is 1070. The molecule has 1 aromatic carbocycles. The van der Waals surface area contributed by atoms with E-state index in [2.05, 4.69) is 41.6 Å². The highest BCUT2D eigenvalue weighted by Gasteiger charge is 2.37. The number of unbranched alkanes of at least 4 members (excludes halogenated alkanes) is 1. The lowest BCUT2D eigenvalue weighted by Crippen LogP contribution is -2.52. The number of hydrogen-bond donors (Lipinski definition) is 3. The Balaban J connectivity index is 1.83. The van der Waals surface area contributed by atoms with Gasteiger partial charge in [-0.05, 0) is 70.4 Å². The highest BCUT2D eigenvalue weighted by molar-refractivity contribution is 5.88. The Morgan fingerprint density at radius 2 is 1.89 bits per heavy atom. The lowest BCUT2D eigenvalue weighted by Gasteiger charge is -2.39. The molecule has 1 aromatic heterocycles. The highest BCUT2D eigenvalue weighted by Crippen LogP contribution is 2.38. The van der Waals surface area contributed by atoms with Crippen LogP contribution in [-0.4, -0.2) is 52.5 Å². The van der Waals surface area contributed by atoms with Gasteiger partial charge in [0.25, 0.3) is 0 Å². The molecular formula is C28H42N4O4. The second kappa shape index (κ2) is 11.8. The number of rotatable bonds is 9. The molecule has 2 atom stereocenters. The molecule has 2 aromatic rings. The monoisotopic (exact) mass is 498 g/mol. The SMILES string of the molecule is CC(=O)NCCCC[C@H](NC(=O)OC(C)(C)C)C(=O)N1CCc2c([nH]c3ccccc23)C1CC(C)C. The summed E-state index contributed by atoms with van der Waals surface area (Å²) in [5.41, 5.74) is 2.82. The largest absolute Gasteiger partial charge is 0.444 e. The van der Waals surface area contributed by atoms with Crippen molar-refractivity contribution in [2.45, 2.75) is 91.3 Å². The van der Waals surface area contributed by atoms with Gasteiger partial charge in [-0.25, -0.2) is 4.79 Å². The normalized spacial score (nSPS) is 16.5. The van der Waals surface area contributed by atoms with Crippen molar-refractivity contribution in [3.63, 3.8) is 0 Å². The van der Waals surface area contributed by atoms with Crippen LogP contribution in [0.4, 0.5) is 4.79 Å². The summed E-state index contributed by atoms with van der Waals surface area (Å²) in [5, 5.41) is 6.85. The number of aromatic nitrogens is 1. The molecule has 2 heterocycles. The van der Waals surface area contributed by atoms with E-state index in [1.807, 2.05) is 17.0 Å². The Kier molecular flexibility index (Phi) is 9.03. The number of carbonyl (C=O) groups excluding carboxylic acids is 3. The van der Waals surface area contributed by atoms with E-state index in [-0.39, 0.29) is 17.9 Å². The van der Waals surface area contributed by atoms with Crippen molar-refractivity contribution in [1.82, 2.24) is 20.5 Å². The summed E-state index contributed by atoms with van der Waals surface area (Å²) in [4.78, 5) is 43.3. The summed E-state index contributed by atoms with van der Waals surface area (Å²) in [5.74, 6) is 0.224. The third-order valence-corrected chi connectivity index (χ3v) is 6.42. The van der Waals surface area contributed by atoms with Crippen molar-refractivity contribution in [1.29, 1.82) is 0 Å². The fourth-order valence-corrected chi connectivity index (χ4v) is 4.92. The van der Waals surface area contributed by atoms with Crippen LogP contribution in [0.3, 0.4) is 0 Å². The van der Waals surface area contributed by atoms with Crippen LogP contribution in [0.25, 0.3) is 10.9 Å². The number of aromatic amines is 1. The first-order chi connectivity index (χ1) is 17.0. The minimum Gasteiger partial charge on any atom is -0.444 e. The fourth-order valence-electron chi connectivity index (χ4n) is 4.92. The summed E-state index contributed by atoms with van der Waals surface area (Å²) in [6.45, 7) is 12.4. The number of nitrogens with one attached hydrogen (secondary N) is 3. The van der Waals surface area contributed by atoms with Crippen molar-refractivity contribution in [2.75, 3.05) is 13.1 Å². The number of ether oxygens (including phenoxy) is 1. The van der Waals surface area contributed by atoms with Crippen LogP contribution < -0.4 is 10.6 Å². The van der Waals surface area contributed by atoms with E-state index in [1.54, 1.807) is 20.8 Å². The molecule has 1 unspecified atom stereocenters. The Morgan fingerprint density at radius 1 is 1.17 bits per heavy atom. The molecule has 36 heavy (non-hydrogen) atoms. The van der Waals surface area contributed by atoms with Crippen molar-refractivity contribution in [2.24, 2.45) is 5.92 Å². The lowest BCUT2D eigenvalue weighted by molar-refractivity contribution is -0.137. The fraction of sp³-hybridized carbons (Fsp3) is 0.607. The molecule has 0 radical (unpaired) electrons. The molecule has 0 spiro atoms. The van der Waals surface area contributed by atoms with Crippen LogP contribution in [0.15, 0.2) is 24.3 Å². The first-order valence-electron chi connectivity index (χ1n) is 13.1. The van der Waals surface area contributed by atoms with E-state index in [9.17, 15) is 14.4 Å². The average Bonchev–Trinajstić information content (AvgIpc) is 3.15. The second-order valence-corrected chi connectivity index (χ2v) is 11.2. The van der Waals surface area contributed by atoms with Crippen molar-refractivity contribution in [3.8, 4) is 0 Å². The molecule has 3 N–H and O–H groups in total. The van der Waals surface area contributed by atoms with Gasteiger partial charge in [-0.15, -0.1) is 0 Å². The third-order valence-electron chi connectivity index (χ3n) is 6.42. The number of amides is 3. The number of H-pyrrole nitrogens is 1. The summed E-state index contributed by atoms with van der Waals surface area (Å²) >= 11 is 0. The van der Waals surface area contributed by atoms with Crippen molar-refractivity contribution in [3.05, 3.63) is 35.5 Å². The maximum atomic E-state index is 14.0. The molecule has 0 aliphatic carbocycles. The summed E-state index contributed by atoms with van der Waals surface area (Å²) in [6.07, 6.45) is 2.89. The number of hydrogen-bond acceptors (Lipinski definition) is 4. The van der Waals surface area contributed by atoms with Gasteiger partial charge in [-0.3, -0.25) is 9.59 Å². The predicted octanol–water partition coefficient (Wildman–Crippen LogP) is 4.84. The van der Waals surface area contributed by atoms with Crippen LogP contribution in [0, 0.1) is 5.92 Å². The number of nitrogens with zero attached hydrogens (tertiary/aromatic N) is 1. The van der Waals surface area contributed by atoms with Crippen LogP contribution in [0.2, 0.25) is 0 Å². The van der Waals surface area contributed by atoms with Gasteiger partial charge in [0.05, 0.1) is 6.04 Å².